The van der Waals surface area contributed by atoms with Gasteiger partial charge in [-0.1, -0.05) is 0 Å². The SMILES string of the molecule is CC(c1nccs1)N1CCC(=O)NC(C2CC2)C1=O. The van der Waals surface area contributed by atoms with Crippen LogP contribution in [0.15, 0.2) is 11.6 Å². The minimum atomic E-state index is -0.322. The van der Waals surface area contributed by atoms with Gasteiger partial charge in [0.1, 0.15) is 11.0 Å². The minimum Gasteiger partial charge on any atom is -0.344 e. The molecule has 2 fully saturated rings. The summed E-state index contributed by atoms with van der Waals surface area (Å²) in [5.41, 5.74) is 0. The monoisotopic (exact) mass is 279 g/mol. The Kier molecular flexibility index (Phi) is 3.26. The predicted octanol–water partition coefficient (Wildman–Crippen LogP) is 1.33. The van der Waals surface area contributed by atoms with Crippen molar-refractivity contribution < 1.29 is 9.59 Å². The average molecular weight is 279 g/mol. The summed E-state index contributed by atoms with van der Waals surface area (Å²) in [5.74, 6) is 0.371. The lowest BCUT2D eigenvalue weighted by molar-refractivity contribution is -0.136. The summed E-state index contributed by atoms with van der Waals surface area (Å²) in [6, 6.07) is -0.376. The highest BCUT2D eigenvalue weighted by Gasteiger charge is 2.42. The molecule has 2 unspecified atom stereocenters. The summed E-state index contributed by atoms with van der Waals surface area (Å²) in [7, 11) is 0. The van der Waals surface area contributed by atoms with Crippen LogP contribution in [0, 0.1) is 5.92 Å². The Labute approximate surface area is 116 Å². The molecule has 2 amide bonds. The van der Waals surface area contributed by atoms with E-state index in [2.05, 4.69) is 10.3 Å². The summed E-state index contributed by atoms with van der Waals surface area (Å²) in [6.07, 6.45) is 4.21. The molecular weight excluding hydrogens is 262 g/mol. The van der Waals surface area contributed by atoms with Crippen molar-refractivity contribution in [2.75, 3.05) is 6.54 Å². The number of rotatable bonds is 3. The van der Waals surface area contributed by atoms with Gasteiger partial charge in [0, 0.05) is 24.5 Å². The summed E-state index contributed by atoms with van der Waals surface area (Å²) in [4.78, 5) is 30.4. The lowest BCUT2D eigenvalue weighted by Gasteiger charge is -2.28. The van der Waals surface area contributed by atoms with Crippen molar-refractivity contribution in [3.8, 4) is 0 Å². The maximum atomic E-state index is 12.6. The van der Waals surface area contributed by atoms with E-state index in [4.69, 9.17) is 0 Å². The van der Waals surface area contributed by atoms with Gasteiger partial charge in [-0.2, -0.15) is 0 Å². The van der Waals surface area contributed by atoms with E-state index in [1.807, 2.05) is 12.3 Å². The first-order valence-electron chi connectivity index (χ1n) is 6.66. The Morgan fingerprint density at radius 3 is 2.89 bits per heavy atom. The third kappa shape index (κ3) is 2.49. The van der Waals surface area contributed by atoms with Gasteiger partial charge in [0.2, 0.25) is 11.8 Å². The second kappa shape index (κ2) is 4.92. The smallest absolute Gasteiger partial charge is 0.246 e. The molecule has 19 heavy (non-hydrogen) atoms. The van der Waals surface area contributed by atoms with Gasteiger partial charge in [-0.05, 0) is 25.7 Å². The zero-order valence-electron chi connectivity index (χ0n) is 10.8. The van der Waals surface area contributed by atoms with E-state index in [0.717, 1.165) is 17.8 Å². The summed E-state index contributed by atoms with van der Waals surface area (Å²) in [6.45, 7) is 2.46. The molecule has 2 aliphatic rings. The van der Waals surface area contributed by atoms with Gasteiger partial charge in [-0.15, -0.1) is 11.3 Å². The van der Waals surface area contributed by atoms with E-state index < -0.39 is 0 Å². The fourth-order valence-electron chi connectivity index (χ4n) is 2.53. The third-order valence-corrected chi connectivity index (χ3v) is 4.76. The molecule has 0 aromatic carbocycles. The van der Waals surface area contributed by atoms with Crippen molar-refractivity contribution in [1.29, 1.82) is 0 Å². The Bertz CT molecular complexity index is 484. The highest BCUT2D eigenvalue weighted by Crippen LogP contribution is 2.35. The van der Waals surface area contributed by atoms with Crippen LogP contribution in [0.1, 0.15) is 37.2 Å². The van der Waals surface area contributed by atoms with E-state index in [9.17, 15) is 9.59 Å². The van der Waals surface area contributed by atoms with Gasteiger partial charge < -0.3 is 10.2 Å². The van der Waals surface area contributed by atoms with Crippen molar-refractivity contribution in [2.45, 2.75) is 38.3 Å². The van der Waals surface area contributed by atoms with Crippen molar-refractivity contribution in [3.63, 3.8) is 0 Å². The molecule has 1 N–H and O–H groups in total. The van der Waals surface area contributed by atoms with Crippen LogP contribution in [0.2, 0.25) is 0 Å². The molecule has 1 aliphatic heterocycles. The number of nitrogens with zero attached hydrogens (tertiary/aromatic N) is 2. The highest BCUT2D eigenvalue weighted by molar-refractivity contribution is 7.09. The highest BCUT2D eigenvalue weighted by atomic mass is 32.1. The number of amides is 2. The molecule has 0 bridgehead atoms. The van der Waals surface area contributed by atoms with Crippen molar-refractivity contribution in [3.05, 3.63) is 16.6 Å². The number of thiazole rings is 1. The topological polar surface area (TPSA) is 62.3 Å². The van der Waals surface area contributed by atoms with Crippen LogP contribution in [0.5, 0.6) is 0 Å². The number of hydrogen-bond donors (Lipinski definition) is 1. The predicted molar refractivity (Wildman–Crippen MR) is 71.5 cm³/mol. The van der Waals surface area contributed by atoms with Gasteiger partial charge in [-0.3, -0.25) is 9.59 Å². The van der Waals surface area contributed by atoms with Crippen molar-refractivity contribution >= 4 is 23.2 Å². The molecular formula is C13H17N3O2S. The molecule has 0 radical (unpaired) electrons. The molecule has 2 atom stereocenters. The first-order valence-corrected chi connectivity index (χ1v) is 7.54. The molecule has 1 aromatic rings. The van der Waals surface area contributed by atoms with Crippen LogP contribution in [0.25, 0.3) is 0 Å². The number of nitrogens with one attached hydrogen (secondary N) is 1. The van der Waals surface area contributed by atoms with Crippen LogP contribution in [0.4, 0.5) is 0 Å². The number of aromatic nitrogens is 1. The third-order valence-electron chi connectivity index (χ3n) is 3.82. The Morgan fingerprint density at radius 2 is 2.26 bits per heavy atom. The summed E-state index contributed by atoms with van der Waals surface area (Å²) >= 11 is 1.55. The second-order valence-corrected chi connectivity index (χ2v) is 6.14. The van der Waals surface area contributed by atoms with Gasteiger partial charge in [0.05, 0.1) is 6.04 Å². The van der Waals surface area contributed by atoms with E-state index in [1.54, 1.807) is 22.4 Å². The van der Waals surface area contributed by atoms with Crippen LogP contribution in [0.3, 0.4) is 0 Å². The fraction of sp³-hybridized carbons (Fsp3) is 0.615. The zero-order valence-corrected chi connectivity index (χ0v) is 11.7. The van der Waals surface area contributed by atoms with Crippen LogP contribution in [-0.4, -0.2) is 34.3 Å². The molecule has 1 saturated carbocycles. The van der Waals surface area contributed by atoms with E-state index >= 15 is 0 Å². The summed E-state index contributed by atoms with van der Waals surface area (Å²) < 4.78 is 0. The van der Waals surface area contributed by atoms with E-state index in [1.165, 1.54) is 0 Å². The number of hydrogen-bond acceptors (Lipinski definition) is 4. The number of carbonyl (C=O) groups is 2. The zero-order chi connectivity index (χ0) is 13.4. The molecule has 0 spiro atoms. The maximum absolute atomic E-state index is 12.6. The molecule has 1 saturated heterocycles. The van der Waals surface area contributed by atoms with Crippen LogP contribution < -0.4 is 5.32 Å². The Balaban J connectivity index is 1.82. The van der Waals surface area contributed by atoms with Crippen molar-refractivity contribution in [1.82, 2.24) is 15.2 Å². The molecule has 6 heteroatoms. The summed E-state index contributed by atoms with van der Waals surface area (Å²) in [5, 5.41) is 5.71. The quantitative estimate of drug-likeness (QED) is 0.908. The molecule has 102 valence electrons. The molecule has 3 rings (SSSR count). The number of carbonyl (C=O) groups excluding carboxylic acids is 2. The van der Waals surface area contributed by atoms with E-state index in [0.29, 0.717) is 18.9 Å². The average Bonchev–Trinajstić information content (AvgIpc) is 3.11. The molecule has 1 aromatic heterocycles. The largest absolute Gasteiger partial charge is 0.344 e. The van der Waals surface area contributed by atoms with Gasteiger partial charge >= 0.3 is 0 Å². The maximum Gasteiger partial charge on any atom is 0.246 e. The van der Waals surface area contributed by atoms with Crippen LogP contribution in [-0.2, 0) is 9.59 Å². The normalized spacial score (nSPS) is 25.9. The van der Waals surface area contributed by atoms with Crippen LogP contribution >= 0.6 is 11.3 Å². The minimum absolute atomic E-state index is 0.0147. The van der Waals surface area contributed by atoms with Crippen molar-refractivity contribution in [2.24, 2.45) is 5.92 Å². The second-order valence-electron chi connectivity index (χ2n) is 5.21. The lowest BCUT2D eigenvalue weighted by atomic mass is 10.1. The van der Waals surface area contributed by atoms with Gasteiger partial charge in [-0.25, -0.2) is 4.98 Å². The first-order chi connectivity index (χ1) is 9.16. The first kappa shape index (κ1) is 12.6. The molecule has 1 aliphatic carbocycles. The lowest BCUT2D eigenvalue weighted by Crippen LogP contribution is -2.46. The Hall–Kier alpha value is -1.43. The molecule has 2 heterocycles. The fourth-order valence-corrected chi connectivity index (χ4v) is 3.23. The van der Waals surface area contributed by atoms with Gasteiger partial charge in [0.15, 0.2) is 0 Å². The Morgan fingerprint density at radius 1 is 1.47 bits per heavy atom. The molecule has 5 nitrogen and oxygen atoms in total. The van der Waals surface area contributed by atoms with E-state index in [-0.39, 0.29) is 23.9 Å². The van der Waals surface area contributed by atoms with Gasteiger partial charge in [0.25, 0.3) is 0 Å². The standard InChI is InChI=1S/C13H17N3O2S/c1-8(12-14-5-7-19-12)16-6-4-10(17)15-11(13(16)18)9-2-3-9/h5,7-9,11H,2-4,6H2,1H3,(H,15,17).